The lowest BCUT2D eigenvalue weighted by molar-refractivity contribution is -0.0933. The van der Waals surface area contributed by atoms with Crippen molar-refractivity contribution >= 4 is 10.0 Å². The molecule has 6 heteroatoms. The van der Waals surface area contributed by atoms with Gasteiger partial charge in [-0.2, -0.15) is 4.31 Å². The Morgan fingerprint density at radius 1 is 1.47 bits per heavy atom. The molecule has 0 radical (unpaired) electrons. The fraction of sp³-hybridized carbons (Fsp3) is 1.00. The van der Waals surface area contributed by atoms with Gasteiger partial charge in [0.2, 0.25) is 10.0 Å². The van der Waals surface area contributed by atoms with Crippen LogP contribution in [-0.4, -0.2) is 56.0 Å². The van der Waals surface area contributed by atoms with E-state index in [1.807, 2.05) is 13.8 Å². The second kappa shape index (κ2) is 4.37. The number of ether oxygens (including phenoxy) is 1. The van der Waals surface area contributed by atoms with Crippen molar-refractivity contribution in [3.63, 3.8) is 0 Å². The third-order valence-corrected chi connectivity index (χ3v) is 4.64. The Kier molecular flexibility index (Phi) is 3.76. The minimum Gasteiger partial charge on any atom is -0.387 e. The maximum atomic E-state index is 11.6. The maximum absolute atomic E-state index is 11.6. The van der Waals surface area contributed by atoms with Crippen LogP contribution in [0.2, 0.25) is 0 Å². The molecule has 15 heavy (non-hydrogen) atoms. The van der Waals surface area contributed by atoms with Crippen LogP contribution in [0.5, 0.6) is 0 Å². The summed E-state index contributed by atoms with van der Waals surface area (Å²) in [6.45, 7) is 4.38. The number of hydrogen-bond acceptors (Lipinski definition) is 4. The average molecular weight is 237 g/mol. The van der Waals surface area contributed by atoms with Gasteiger partial charge in [-0.15, -0.1) is 0 Å². The molecule has 1 heterocycles. The van der Waals surface area contributed by atoms with Crippen LogP contribution in [0.25, 0.3) is 0 Å². The van der Waals surface area contributed by atoms with Gasteiger partial charge in [0, 0.05) is 20.2 Å². The molecular formula is C9H19NO4S. The Morgan fingerprint density at radius 3 is 2.40 bits per heavy atom. The van der Waals surface area contributed by atoms with E-state index in [4.69, 9.17) is 4.74 Å². The van der Waals surface area contributed by atoms with Crippen LogP contribution in [0.1, 0.15) is 13.8 Å². The lowest BCUT2D eigenvalue weighted by atomic mass is 9.85. The Balaban J connectivity index is 2.51. The lowest BCUT2D eigenvalue weighted by Gasteiger charge is -2.47. The molecule has 0 aliphatic carbocycles. The SMILES string of the molecule is COCCS(=O)(=O)N1CC(O)(C(C)C)C1. The van der Waals surface area contributed by atoms with E-state index in [1.54, 1.807) is 0 Å². The standard InChI is InChI=1S/C9H19NO4S/c1-8(2)9(11)6-10(7-9)15(12,13)5-4-14-3/h8,11H,4-7H2,1-3H3. The second-order valence-electron chi connectivity index (χ2n) is 4.34. The summed E-state index contributed by atoms with van der Waals surface area (Å²) in [5, 5.41) is 9.91. The minimum absolute atomic E-state index is 0.0162. The molecule has 0 saturated carbocycles. The van der Waals surface area contributed by atoms with Gasteiger partial charge in [-0.3, -0.25) is 0 Å². The van der Waals surface area contributed by atoms with Crippen LogP contribution in [0.15, 0.2) is 0 Å². The van der Waals surface area contributed by atoms with Crippen molar-refractivity contribution in [2.75, 3.05) is 32.6 Å². The molecule has 0 aromatic carbocycles. The summed E-state index contributed by atoms with van der Waals surface area (Å²) in [7, 11) is -1.77. The van der Waals surface area contributed by atoms with Crippen LogP contribution in [0.4, 0.5) is 0 Å². The zero-order valence-electron chi connectivity index (χ0n) is 9.43. The van der Waals surface area contributed by atoms with Crippen LogP contribution < -0.4 is 0 Å². The van der Waals surface area contributed by atoms with E-state index < -0.39 is 15.6 Å². The second-order valence-corrected chi connectivity index (χ2v) is 6.42. The Labute approximate surface area is 91.1 Å². The molecule has 0 aromatic heterocycles. The Hall–Kier alpha value is -0.170. The number of methoxy groups -OCH3 is 1. The van der Waals surface area contributed by atoms with Crippen molar-refractivity contribution < 1.29 is 18.3 Å². The van der Waals surface area contributed by atoms with Crippen molar-refractivity contribution in [1.82, 2.24) is 4.31 Å². The molecule has 5 nitrogen and oxygen atoms in total. The first kappa shape index (κ1) is 12.9. The molecule has 1 aliphatic heterocycles. The van der Waals surface area contributed by atoms with Gasteiger partial charge in [0.15, 0.2) is 0 Å². The van der Waals surface area contributed by atoms with Crippen molar-refractivity contribution in [2.24, 2.45) is 5.92 Å². The zero-order valence-corrected chi connectivity index (χ0v) is 10.2. The fourth-order valence-electron chi connectivity index (χ4n) is 1.44. The largest absolute Gasteiger partial charge is 0.387 e. The third-order valence-electron chi connectivity index (χ3n) is 2.91. The van der Waals surface area contributed by atoms with Gasteiger partial charge in [-0.25, -0.2) is 8.42 Å². The van der Waals surface area contributed by atoms with Gasteiger partial charge < -0.3 is 9.84 Å². The summed E-state index contributed by atoms with van der Waals surface area (Å²) in [4.78, 5) is 0. The predicted octanol–water partition coefficient (Wildman–Crippen LogP) is -0.335. The Morgan fingerprint density at radius 2 is 2.00 bits per heavy atom. The Bertz CT molecular complexity index is 306. The normalized spacial score (nSPS) is 21.7. The first-order chi connectivity index (χ1) is 6.82. The van der Waals surface area contributed by atoms with E-state index in [0.717, 1.165) is 0 Å². The van der Waals surface area contributed by atoms with Crippen LogP contribution >= 0.6 is 0 Å². The lowest BCUT2D eigenvalue weighted by Crippen LogP contribution is -2.66. The van der Waals surface area contributed by atoms with Crippen LogP contribution in [-0.2, 0) is 14.8 Å². The van der Waals surface area contributed by atoms with Crippen molar-refractivity contribution in [3.05, 3.63) is 0 Å². The topological polar surface area (TPSA) is 66.8 Å². The molecule has 0 unspecified atom stereocenters. The van der Waals surface area contributed by atoms with Gasteiger partial charge >= 0.3 is 0 Å². The molecule has 90 valence electrons. The minimum atomic E-state index is -3.24. The number of sulfonamides is 1. The van der Waals surface area contributed by atoms with Crippen LogP contribution in [0, 0.1) is 5.92 Å². The summed E-state index contributed by atoms with van der Waals surface area (Å²) in [6, 6.07) is 0. The summed E-state index contributed by atoms with van der Waals surface area (Å²) in [5.74, 6) is 0.0592. The van der Waals surface area contributed by atoms with E-state index in [-0.39, 0.29) is 31.4 Å². The highest BCUT2D eigenvalue weighted by atomic mass is 32.2. The van der Waals surface area contributed by atoms with E-state index in [2.05, 4.69) is 0 Å². The number of rotatable bonds is 5. The first-order valence-electron chi connectivity index (χ1n) is 5.01. The number of aliphatic hydroxyl groups is 1. The summed E-state index contributed by atoms with van der Waals surface area (Å²) in [6.07, 6.45) is 0. The summed E-state index contributed by atoms with van der Waals surface area (Å²) >= 11 is 0. The van der Waals surface area contributed by atoms with Gasteiger partial charge in [0.1, 0.15) is 0 Å². The van der Waals surface area contributed by atoms with E-state index in [0.29, 0.717) is 0 Å². The van der Waals surface area contributed by atoms with Crippen LogP contribution in [0.3, 0.4) is 0 Å². The smallest absolute Gasteiger partial charge is 0.216 e. The first-order valence-corrected chi connectivity index (χ1v) is 6.62. The molecule has 0 spiro atoms. The van der Waals surface area contributed by atoms with Crippen molar-refractivity contribution in [3.8, 4) is 0 Å². The molecular weight excluding hydrogens is 218 g/mol. The molecule has 1 saturated heterocycles. The monoisotopic (exact) mass is 237 g/mol. The quantitative estimate of drug-likeness (QED) is 0.710. The van der Waals surface area contributed by atoms with Crippen molar-refractivity contribution in [2.45, 2.75) is 19.4 Å². The summed E-state index contributed by atoms with van der Waals surface area (Å²) < 4.78 is 29.3. The molecule has 1 rings (SSSR count). The van der Waals surface area contributed by atoms with E-state index in [9.17, 15) is 13.5 Å². The van der Waals surface area contributed by atoms with Gasteiger partial charge in [0.25, 0.3) is 0 Å². The molecule has 0 amide bonds. The molecule has 1 fully saturated rings. The van der Waals surface area contributed by atoms with Gasteiger partial charge in [0.05, 0.1) is 18.0 Å². The molecule has 0 aromatic rings. The fourth-order valence-corrected chi connectivity index (χ4v) is 2.92. The molecule has 1 N–H and O–H groups in total. The highest BCUT2D eigenvalue weighted by Gasteiger charge is 2.48. The van der Waals surface area contributed by atoms with E-state index in [1.165, 1.54) is 11.4 Å². The molecule has 0 atom stereocenters. The zero-order chi connectivity index (χ0) is 11.7. The van der Waals surface area contributed by atoms with Gasteiger partial charge in [-0.1, -0.05) is 13.8 Å². The third kappa shape index (κ3) is 2.69. The number of hydrogen-bond donors (Lipinski definition) is 1. The highest BCUT2D eigenvalue weighted by molar-refractivity contribution is 7.89. The van der Waals surface area contributed by atoms with Crippen molar-refractivity contribution in [1.29, 1.82) is 0 Å². The maximum Gasteiger partial charge on any atom is 0.216 e. The molecule has 0 bridgehead atoms. The van der Waals surface area contributed by atoms with Gasteiger partial charge in [-0.05, 0) is 5.92 Å². The predicted molar refractivity (Wildman–Crippen MR) is 57.0 cm³/mol. The average Bonchev–Trinajstić information content (AvgIpc) is 2.09. The van der Waals surface area contributed by atoms with E-state index >= 15 is 0 Å². The highest BCUT2D eigenvalue weighted by Crippen LogP contribution is 2.30. The molecule has 1 aliphatic rings. The number of β-amino-alcohol motifs (C(OH)–C–C–N with tert-alkyl or cyclic N) is 1. The number of nitrogens with zero attached hydrogens (tertiary/aromatic N) is 1. The summed E-state index contributed by atoms with van der Waals surface area (Å²) in [5.41, 5.74) is -0.847.